The molecule has 17 heavy (non-hydrogen) atoms. The number of urea groups is 1. The van der Waals surface area contributed by atoms with E-state index in [1.165, 1.54) is 0 Å². The highest BCUT2D eigenvalue weighted by atomic mass is 16.4. The molecule has 0 saturated heterocycles. The molecule has 0 aliphatic carbocycles. The van der Waals surface area contributed by atoms with Gasteiger partial charge in [-0.15, -0.1) is 0 Å². The Labute approximate surface area is 99.8 Å². The lowest BCUT2D eigenvalue weighted by molar-refractivity contribution is -0.135. The number of aliphatic carboxylic acids is 1. The van der Waals surface area contributed by atoms with Gasteiger partial charge in [0.15, 0.2) is 0 Å². The van der Waals surface area contributed by atoms with Gasteiger partial charge in [0.05, 0.1) is 5.54 Å². The van der Waals surface area contributed by atoms with Crippen LogP contribution in [-0.4, -0.2) is 23.7 Å². The largest absolute Gasteiger partial charge is 0.480 e. The summed E-state index contributed by atoms with van der Waals surface area (Å²) in [5.41, 5.74) is 0.398. The summed E-state index contributed by atoms with van der Waals surface area (Å²) in [7, 11) is 0. The molecule has 1 aromatic rings. The lowest BCUT2D eigenvalue weighted by Crippen LogP contribution is -2.47. The monoisotopic (exact) mass is 236 g/mol. The van der Waals surface area contributed by atoms with E-state index in [0.717, 1.165) is 5.56 Å². The lowest BCUT2D eigenvalue weighted by atomic mass is 9.95. The highest BCUT2D eigenvalue weighted by Crippen LogP contribution is 2.18. The first-order valence-corrected chi connectivity index (χ1v) is 5.25. The van der Waals surface area contributed by atoms with Crippen LogP contribution in [0.3, 0.4) is 0 Å². The van der Waals surface area contributed by atoms with Crippen molar-refractivity contribution in [1.29, 1.82) is 0 Å². The van der Waals surface area contributed by atoms with E-state index in [0.29, 0.717) is 0 Å². The number of amides is 2. The molecular weight excluding hydrogens is 220 g/mol. The van der Waals surface area contributed by atoms with Gasteiger partial charge >= 0.3 is 12.0 Å². The van der Waals surface area contributed by atoms with E-state index in [1.54, 1.807) is 0 Å². The third-order valence-corrected chi connectivity index (χ3v) is 2.32. The quantitative estimate of drug-likeness (QED) is 0.737. The number of hydrogen-bond donors (Lipinski definition) is 3. The normalized spacial score (nSPS) is 10.7. The van der Waals surface area contributed by atoms with Gasteiger partial charge in [-0.25, -0.2) is 4.79 Å². The number of nitrogens with one attached hydrogen (secondary N) is 2. The van der Waals surface area contributed by atoms with Crippen LogP contribution in [0.1, 0.15) is 19.4 Å². The minimum absolute atomic E-state index is 0.392. The molecule has 1 rings (SSSR count). The number of carboxylic acids is 1. The fourth-order valence-electron chi connectivity index (χ4n) is 1.41. The van der Waals surface area contributed by atoms with E-state index in [2.05, 4.69) is 10.6 Å². The molecule has 0 fully saturated rings. The van der Waals surface area contributed by atoms with Gasteiger partial charge in [-0.1, -0.05) is 30.3 Å². The van der Waals surface area contributed by atoms with E-state index < -0.39 is 24.1 Å². The fraction of sp³-hybridized carbons (Fsp3) is 0.333. The second kappa shape index (κ2) is 5.34. The molecule has 0 atom stereocenters. The molecular formula is C12H16N2O3. The maximum absolute atomic E-state index is 11.5. The van der Waals surface area contributed by atoms with Crippen molar-refractivity contribution in [1.82, 2.24) is 10.6 Å². The number of rotatable bonds is 4. The van der Waals surface area contributed by atoms with E-state index in [4.69, 9.17) is 5.11 Å². The molecule has 2 amide bonds. The molecule has 0 aromatic heterocycles. The second-order valence-corrected chi connectivity index (χ2v) is 4.19. The Morgan fingerprint density at radius 2 is 1.82 bits per heavy atom. The Morgan fingerprint density at radius 3 is 2.35 bits per heavy atom. The van der Waals surface area contributed by atoms with Crippen LogP contribution in [0.5, 0.6) is 0 Å². The topological polar surface area (TPSA) is 78.4 Å². The van der Waals surface area contributed by atoms with Crippen LogP contribution in [0.4, 0.5) is 4.79 Å². The minimum atomic E-state index is -1.07. The Morgan fingerprint density at radius 1 is 1.24 bits per heavy atom. The summed E-state index contributed by atoms with van der Waals surface area (Å²) in [4.78, 5) is 21.7. The average molecular weight is 236 g/mol. The second-order valence-electron chi connectivity index (χ2n) is 4.19. The standard InChI is InChI=1S/C12H16N2O3/c1-12(2,9-6-4-3-5-7-9)14-11(17)13-8-10(15)16/h3-7H,8H2,1-2H3,(H,15,16)(H2,13,14,17). The van der Waals surface area contributed by atoms with Crippen molar-refractivity contribution in [3.63, 3.8) is 0 Å². The Kier molecular flexibility index (Phi) is 4.09. The maximum atomic E-state index is 11.5. The first-order chi connectivity index (χ1) is 7.92. The van der Waals surface area contributed by atoms with E-state index in [-0.39, 0.29) is 0 Å². The van der Waals surface area contributed by atoms with Crippen molar-refractivity contribution < 1.29 is 14.7 Å². The zero-order valence-corrected chi connectivity index (χ0v) is 9.86. The van der Waals surface area contributed by atoms with Crippen molar-refractivity contribution in [3.8, 4) is 0 Å². The average Bonchev–Trinajstić information content (AvgIpc) is 2.27. The smallest absolute Gasteiger partial charge is 0.323 e. The summed E-state index contributed by atoms with van der Waals surface area (Å²) in [5, 5.41) is 13.4. The number of hydrogen-bond acceptors (Lipinski definition) is 2. The third-order valence-electron chi connectivity index (χ3n) is 2.32. The molecule has 0 heterocycles. The van der Waals surface area contributed by atoms with Gasteiger partial charge in [-0.2, -0.15) is 0 Å². The van der Waals surface area contributed by atoms with Crippen LogP contribution in [0.15, 0.2) is 30.3 Å². The van der Waals surface area contributed by atoms with Crippen molar-refractivity contribution in [2.45, 2.75) is 19.4 Å². The summed E-state index contributed by atoms with van der Waals surface area (Å²) in [6, 6.07) is 8.96. The van der Waals surface area contributed by atoms with Gasteiger partial charge in [-0.05, 0) is 19.4 Å². The molecule has 5 nitrogen and oxygen atoms in total. The summed E-state index contributed by atoms with van der Waals surface area (Å²) >= 11 is 0. The first kappa shape index (κ1) is 13.0. The molecule has 0 aliphatic rings. The highest BCUT2D eigenvalue weighted by Gasteiger charge is 2.22. The molecule has 0 bridgehead atoms. The first-order valence-electron chi connectivity index (χ1n) is 5.25. The summed E-state index contributed by atoms with van der Waals surface area (Å²) < 4.78 is 0. The highest BCUT2D eigenvalue weighted by molar-refractivity contribution is 5.80. The minimum Gasteiger partial charge on any atom is -0.480 e. The number of benzene rings is 1. The predicted molar refractivity (Wildman–Crippen MR) is 63.6 cm³/mol. The zero-order valence-electron chi connectivity index (χ0n) is 9.86. The summed E-state index contributed by atoms with van der Waals surface area (Å²) in [5.74, 6) is -1.07. The van der Waals surface area contributed by atoms with Gasteiger partial charge in [0, 0.05) is 0 Å². The summed E-state index contributed by atoms with van der Waals surface area (Å²) in [6.07, 6.45) is 0. The molecule has 0 aliphatic heterocycles. The van der Waals surface area contributed by atoms with Crippen molar-refractivity contribution >= 4 is 12.0 Å². The van der Waals surface area contributed by atoms with Gasteiger partial charge in [-0.3, -0.25) is 4.79 Å². The molecule has 92 valence electrons. The molecule has 3 N–H and O–H groups in total. The summed E-state index contributed by atoms with van der Waals surface area (Å²) in [6.45, 7) is 3.31. The third kappa shape index (κ3) is 4.14. The SMILES string of the molecule is CC(C)(NC(=O)NCC(=O)O)c1ccccc1. The van der Waals surface area contributed by atoms with Crippen molar-refractivity contribution in [2.24, 2.45) is 0 Å². The van der Waals surface area contributed by atoms with Gasteiger partial charge < -0.3 is 15.7 Å². The molecule has 5 heteroatoms. The Balaban J connectivity index is 2.61. The van der Waals surface area contributed by atoms with Gasteiger partial charge in [0.2, 0.25) is 0 Å². The zero-order chi connectivity index (χ0) is 12.9. The maximum Gasteiger partial charge on any atom is 0.323 e. The van der Waals surface area contributed by atoms with Crippen LogP contribution in [0, 0.1) is 0 Å². The Hall–Kier alpha value is -2.04. The van der Waals surface area contributed by atoms with Crippen LogP contribution < -0.4 is 10.6 Å². The number of carbonyl (C=O) groups is 2. The van der Waals surface area contributed by atoms with Gasteiger partial charge in [0.25, 0.3) is 0 Å². The molecule has 0 spiro atoms. The Bertz CT molecular complexity index is 401. The van der Waals surface area contributed by atoms with E-state index in [1.807, 2.05) is 44.2 Å². The van der Waals surface area contributed by atoms with Crippen LogP contribution in [0.2, 0.25) is 0 Å². The fourth-order valence-corrected chi connectivity index (χ4v) is 1.41. The van der Waals surface area contributed by atoms with Gasteiger partial charge in [0.1, 0.15) is 6.54 Å². The molecule has 0 saturated carbocycles. The van der Waals surface area contributed by atoms with Crippen molar-refractivity contribution in [3.05, 3.63) is 35.9 Å². The lowest BCUT2D eigenvalue weighted by Gasteiger charge is -2.26. The van der Waals surface area contributed by atoms with Crippen molar-refractivity contribution in [2.75, 3.05) is 6.54 Å². The van der Waals surface area contributed by atoms with E-state index in [9.17, 15) is 9.59 Å². The van der Waals surface area contributed by atoms with Crippen LogP contribution in [-0.2, 0) is 10.3 Å². The molecule has 1 aromatic carbocycles. The number of carboxylic acid groups (broad SMARTS) is 1. The molecule has 0 unspecified atom stereocenters. The predicted octanol–water partition coefficient (Wildman–Crippen LogP) is 1.31. The van der Waals surface area contributed by atoms with E-state index >= 15 is 0 Å². The van der Waals surface area contributed by atoms with Crippen LogP contribution >= 0.6 is 0 Å². The number of carbonyl (C=O) groups excluding carboxylic acids is 1. The molecule has 0 radical (unpaired) electrons. The van der Waals surface area contributed by atoms with Crippen LogP contribution in [0.25, 0.3) is 0 Å².